The summed E-state index contributed by atoms with van der Waals surface area (Å²) in [6, 6.07) is 0. The lowest BCUT2D eigenvalue weighted by Crippen LogP contribution is -2.22. The van der Waals surface area contributed by atoms with E-state index in [1.54, 1.807) is 0 Å². The minimum atomic E-state index is -1.20. The fourth-order valence-corrected chi connectivity index (χ4v) is 1.93. The molecule has 0 bridgehead atoms. The molecule has 0 heterocycles. The van der Waals surface area contributed by atoms with Crippen LogP contribution in [-0.2, 0) is 28.6 Å². The number of aliphatic hydroxyl groups is 1. The van der Waals surface area contributed by atoms with Crippen molar-refractivity contribution >= 4 is 17.9 Å². The van der Waals surface area contributed by atoms with Crippen LogP contribution in [0, 0.1) is 11.8 Å². The quantitative estimate of drug-likeness (QED) is 0.309. The molecular weight excluding hydrogens is 256 g/mol. The number of carbonyl (C=O) groups excluding carboxylic acids is 3. The second kappa shape index (κ2) is 6.33. The molecule has 4 atom stereocenters. The van der Waals surface area contributed by atoms with Crippen molar-refractivity contribution in [1.82, 2.24) is 0 Å². The van der Waals surface area contributed by atoms with Crippen LogP contribution in [0.3, 0.4) is 0 Å². The minimum absolute atomic E-state index is 0.241. The number of esters is 3. The summed E-state index contributed by atoms with van der Waals surface area (Å²) in [5.74, 6) is -4.33. The summed E-state index contributed by atoms with van der Waals surface area (Å²) in [6.07, 6.45) is -0.0490. The van der Waals surface area contributed by atoms with Crippen molar-refractivity contribution in [3.05, 3.63) is 12.7 Å². The van der Waals surface area contributed by atoms with Gasteiger partial charge in [-0.1, -0.05) is 6.08 Å². The molecule has 0 amide bonds. The van der Waals surface area contributed by atoms with E-state index >= 15 is 0 Å². The van der Waals surface area contributed by atoms with Crippen LogP contribution >= 0.6 is 0 Å². The molecule has 7 nitrogen and oxygen atoms in total. The van der Waals surface area contributed by atoms with Crippen LogP contribution in [-0.4, -0.2) is 49.4 Å². The first-order valence-electron chi connectivity index (χ1n) is 5.63. The Kier molecular flexibility index (Phi) is 5.05. The molecule has 19 heavy (non-hydrogen) atoms. The van der Waals surface area contributed by atoms with Gasteiger partial charge in [-0.2, -0.15) is 0 Å². The van der Waals surface area contributed by atoms with Crippen LogP contribution < -0.4 is 0 Å². The van der Waals surface area contributed by atoms with E-state index in [9.17, 15) is 19.5 Å². The smallest absolute Gasteiger partial charge is 0.417 e. The number of ether oxygens (including phenoxy) is 3. The average Bonchev–Trinajstić information content (AvgIpc) is 3.10. The fourth-order valence-electron chi connectivity index (χ4n) is 1.93. The van der Waals surface area contributed by atoms with Gasteiger partial charge in [-0.3, -0.25) is 4.79 Å². The van der Waals surface area contributed by atoms with Gasteiger partial charge < -0.3 is 19.3 Å². The molecule has 1 rings (SSSR count). The maximum absolute atomic E-state index is 11.5. The van der Waals surface area contributed by atoms with Crippen LogP contribution in [0.1, 0.15) is 6.42 Å². The lowest BCUT2D eigenvalue weighted by Gasteiger charge is -2.06. The van der Waals surface area contributed by atoms with Crippen molar-refractivity contribution in [1.29, 1.82) is 0 Å². The molecule has 0 aromatic heterocycles. The van der Waals surface area contributed by atoms with Crippen molar-refractivity contribution in [3.63, 3.8) is 0 Å². The number of hydrogen-bond donors (Lipinski definition) is 1. The molecule has 1 aliphatic rings. The van der Waals surface area contributed by atoms with Crippen LogP contribution in [0.15, 0.2) is 12.7 Å². The van der Waals surface area contributed by atoms with Crippen LogP contribution in [0.5, 0.6) is 0 Å². The Morgan fingerprint density at radius 3 is 2.37 bits per heavy atom. The van der Waals surface area contributed by atoms with Gasteiger partial charge in [-0.05, 0) is 6.42 Å². The molecule has 7 heteroatoms. The van der Waals surface area contributed by atoms with Crippen molar-refractivity contribution < 1.29 is 33.7 Å². The maximum Gasteiger partial charge on any atom is 0.417 e. The van der Waals surface area contributed by atoms with Crippen molar-refractivity contribution in [2.75, 3.05) is 14.2 Å². The molecule has 106 valence electrons. The Balaban J connectivity index is 2.69. The highest BCUT2D eigenvalue weighted by molar-refractivity contribution is 6.29. The molecule has 0 saturated heterocycles. The largest absolute Gasteiger partial charge is 0.469 e. The van der Waals surface area contributed by atoms with Crippen molar-refractivity contribution in [3.8, 4) is 0 Å². The molecule has 0 aromatic carbocycles. The average molecular weight is 272 g/mol. The number of carbonyl (C=O) groups is 3. The summed E-state index contributed by atoms with van der Waals surface area (Å²) in [5.41, 5.74) is 0. The summed E-state index contributed by atoms with van der Waals surface area (Å²) in [4.78, 5) is 33.6. The SMILES string of the molecule is C=CC[C@H](O)[C@@H]1[C@H](OC(=O)C(=O)OC)[C@H]1C(=O)OC. The third kappa shape index (κ3) is 3.31. The van der Waals surface area contributed by atoms with Gasteiger partial charge in [-0.25, -0.2) is 9.59 Å². The van der Waals surface area contributed by atoms with Gasteiger partial charge in [0.05, 0.1) is 20.3 Å². The zero-order chi connectivity index (χ0) is 14.6. The second-order valence-corrected chi connectivity index (χ2v) is 4.08. The fraction of sp³-hybridized carbons (Fsp3) is 0.583. The van der Waals surface area contributed by atoms with Crippen molar-refractivity contribution in [2.45, 2.75) is 18.6 Å². The molecule has 0 unspecified atom stereocenters. The molecule has 0 spiro atoms. The monoisotopic (exact) mass is 272 g/mol. The maximum atomic E-state index is 11.5. The molecular formula is C12H16O7. The highest BCUT2D eigenvalue weighted by Crippen LogP contribution is 2.46. The van der Waals surface area contributed by atoms with Gasteiger partial charge in [0.15, 0.2) is 0 Å². The van der Waals surface area contributed by atoms with E-state index in [0.29, 0.717) is 0 Å². The van der Waals surface area contributed by atoms with Crippen LogP contribution in [0.25, 0.3) is 0 Å². The molecule has 1 N–H and O–H groups in total. The standard InChI is InChI=1S/C12H16O7/c1-4-5-6(13)7-8(10(14)17-2)9(7)19-12(16)11(15)18-3/h4,6-9,13H,1,5H2,2-3H3/t6-,7-,8-,9-/m0/s1. The second-order valence-electron chi connectivity index (χ2n) is 4.08. The van der Waals surface area contributed by atoms with E-state index in [4.69, 9.17) is 4.74 Å². The van der Waals surface area contributed by atoms with E-state index in [-0.39, 0.29) is 6.42 Å². The zero-order valence-electron chi connectivity index (χ0n) is 10.7. The molecule has 1 saturated carbocycles. The number of aliphatic hydroxyl groups excluding tert-OH is 1. The summed E-state index contributed by atoms with van der Waals surface area (Å²) < 4.78 is 13.6. The van der Waals surface area contributed by atoms with E-state index in [0.717, 1.165) is 7.11 Å². The first kappa shape index (κ1) is 15.2. The van der Waals surface area contributed by atoms with Gasteiger partial charge >= 0.3 is 17.9 Å². The summed E-state index contributed by atoms with van der Waals surface area (Å²) >= 11 is 0. The first-order valence-corrected chi connectivity index (χ1v) is 5.63. The van der Waals surface area contributed by atoms with E-state index in [1.807, 2.05) is 0 Å². The van der Waals surface area contributed by atoms with Gasteiger partial charge in [-0.15, -0.1) is 6.58 Å². The summed E-state index contributed by atoms with van der Waals surface area (Å²) in [6.45, 7) is 3.47. The lowest BCUT2D eigenvalue weighted by molar-refractivity contribution is -0.167. The Morgan fingerprint density at radius 1 is 1.26 bits per heavy atom. The molecule has 1 fully saturated rings. The van der Waals surface area contributed by atoms with Gasteiger partial charge in [0.1, 0.15) is 12.0 Å². The highest BCUT2D eigenvalue weighted by Gasteiger charge is 2.62. The Morgan fingerprint density at radius 2 is 1.89 bits per heavy atom. The molecule has 1 aliphatic carbocycles. The highest BCUT2D eigenvalue weighted by atomic mass is 16.6. The zero-order valence-corrected chi connectivity index (χ0v) is 10.7. The van der Waals surface area contributed by atoms with Crippen LogP contribution in [0.4, 0.5) is 0 Å². The van der Waals surface area contributed by atoms with Gasteiger partial charge in [0.2, 0.25) is 0 Å². The van der Waals surface area contributed by atoms with Crippen molar-refractivity contribution in [2.24, 2.45) is 11.8 Å². The first-order chi connectivity index (χ1) is 8.97. The Labute approximate surface area is 110 Å². The van der Waals surface area contributed by atoms with E-state index < -0.39 is 42.0 Å². The molecule has 0 aromatic rings. The molecule has 0 aliphatic heterocycles. The minimum Gasteiger partial charge on any atom is -0.469 e. The Bertz CT molecular complexity index is 390. The van der Waals surface area contributed by atoms with Crippen LogP contribution in [0.2, 0.25) is 0 Å². The Hall–Kier alpha value is -1.89. The van der Waals surface area contributed by atoms with Gasteiger partial charge in [0.25, 0.3) is 0 Å². The number of hydrogen-bond acceptors (Lipinski definition) is 7. The predicted octanol–water partition coefficient (Wildman–Crippen LogP) is -0.573. The number of methoxy groups -OCH3 is 2. The molecule has 0 radical (unpaired) electrons. The number of rotatable bonds is 5. The third-order valence-corrected chi connectivity index (χ3v) is 2.93. The van der Waals surface area contributed by atoms with E-state index in [2.05, 4.69) is 16.1 Å². The summed E-state index contributed by atoms with van der Waals surface area (Å²) in [7, 11) is 2.23. The lowest BCUT2D eigenvalue weighted by atomic mass is 10.1. The van der Waals surface area contributed by atoms with Gasteiger partial charge in [0, 0.05) is 5.92 Å². The third-order valence-electron chi connectivity index (χ3n) is 2.93. The normalized spacial score (nSPS) is 25.9. The van der Waals surface area contributed by atoms with E-state index in [1.165, 1.54) is 13.2 Å². The summed E-state index contributed by atoms with van der Waals surface area (Å²) in [5, 5.41) is 9.80. The predicted molar refractivity (Wildman–Crippen MR) is 61.7 cm³/mol. The topological polar surface area (TPSA) is 99.1 Å².